The van der Waals surface area contributed by atoms with Crippen molar-refractivity contribution in [2.75, 3.05) is 0 Å². The van der Waals surface area contributed by atoms with E-state index in [4.69, 9.17) is 0 Å². The van der Waals surface area contributed by atoms with Crippen LogP contribution in [0, 0.1) is 11.3 Å². The van der Waals surface area contributed by atoms with Crippen LogP contribution in [-0.2, 0) is 7.05 Å². The van der Waals surface area contributed by atoms with Gasteiger partial charge in [-0.2, -0.15) is 19.1 Å². The molecule has 2 aromatic heterocycles. The van der Waals surface area contributed by atoms with Crippen LogP contribution in [0.1, 0.15) is 17.9 Å². The normalized spacial score (nSPS) is 12.0. The molecule has 22 heavy (non-hydrogen) atoms. The van der Waals surface area contributed by atoms with Crippen LogP contribution >= 0.6 is 0 Å². The van der Waals surface area contributed by atoms with Crippen molar-refractivity contribution < 1.29 is 8.78 Å². The standard InChI is InChI=1S/C15H11F2N5/c1-21-9-10(8-19-21)6-11(7-18)14-20-12-4-2-3-5-13(12)22(14)15(16)17/h2-6,8-9,15H,1H3/b11-6+. The van der Waals surface area contributed by atoms with E-state index in [9.17, 15) is 14.0 Å². The first kappa shape index (κ1) is 13.9. The topological polar surface area (TPSA) is 59.4 Å². The SMILES string of the molecule is Cn1cc(/C=C(\C#N)c2nc3ccccc3n2C(F)F)cn1. The second-order valence-electron chi connectivity index (χ2n) is 4.69. The predicted molar refractivity (Wildman–Crippen MR) is 77.7 cm³/mol. The van der Waals surface area contributed by atoms with Crippen LogP contribution in [0.5, 0.6) is 0 Å². The highest BCUT2D eigenvalue weighted by molar-refractivity contribution is 5.90. The van der Waals surface area contributed by atoms with Crippen LogP contribution < -0.4 is 0 Å². The van der Waals surface area contributed by atoms with Gasteiger partial charge in [-0.1, -0.05) is 12.1 Å². The minimum absolute atomic E-state index is 0.0532. The molecule has 1 aromatic carbocycles. The molecule has 0 radical (unpaired) electrons. The van der Waals surface area contributed by atoms with E-state index in [1.54, 1.807) is 48.4 Å². The maximum atomic E-state index is 13.4. The Labute approximate surface area is 124 Å². The Hall–Kier alpha value is -3.01. The number of nitrogens with zero attached hydrogens (tertiary/aromatic N) is 5. The first-order chi connectivity index (χ1) is 10.6. The maximum Gasteiger partial charge on any atom is 0.320 e. The summed E-state index contributed by atoms with van der Waals surface area (Å²) >= 11 is 0. The molecular formula is C15H11F2N5. The number of rotatable bonds is 3. The number of nitriles is 1. The first-order valence-electron chi connectivity index (χ1n) is 6.46. The molecule has 3 rings (SSSR count). The molecule has 2 heterocycles. The Bertz CT molecular complexity index is 898. The van der Waals surface area contributed by atoms with Crippen LogP contribution in [0.25, 0.3) is 22.7 Å². The molecule has 0 amide bonds. The van der Waals surface area contributed by atoms with E-state index in [0.29, 0.717) is 16.6 Å². The van der Waals surface area contributed by atoms with Gasteiger partial charge in [-0.3, -0.25) is 9.25 Å². The van der Waals surface area contributed by atoms with E-state index < -0.39 is 6.55 Å². The minimum atomic E-state index is -2.78. The quantitative estimate of drug-likeness (QED) is 0.698. The van der Waals surface area contributed by atoms with Crippen molar-refractivity contribution in [3.8, 4) is 6.07 Å². The van der Waals surface area contributed by atoms with Crippen molar-refractivity contribution in [2.45, 2.75) is 6.55 Å². The van der Waals surface area contributed by atoms with Gasteiger partial charge >= 0.3 is 6.55 Å². The molecule has 0 N–H and O–H groups in total. The summed E-state index contributed by atoms with van der Waals surface area (Å²) in [5.74, 6) is -0.0532. The summed E-state index contributed by atoms with van der Waals surface area (Å²) in [7, 11) is 1.73. The zero-order valence-electron chi connectivity index (χ0n) is 11.6. The number of allylic oxidation sites excluding steroid dienone is 1. The summed E-state index contributed by atoms with van der Waals surface area (Å²) in [6, 6.07) is 8.50. The first-order valence-corrected chi connectivity index (χ1v) is 6.46. The number of fused-ring (bicyclic) bond motifs is 1. The van der Waals surface area contributed by atoms with E-state index in [1.807, 2.05) is 6.07 Å². The fourth-order valence-electron chi connectivity index (χ4n) is 2.26. The Morgan fingerprint density at radius 1 is 1.36 bits per heavy atom. The molecule has 0 fully saturated rings. The van der Waals surface area contributed by atoms with E-state index in [-0.39, 0.29) is 11.4 Å². The summed E-state index contributed by atoms with van der Waals surface area (Å²) in [5, 5.41) is 13.3. The molecule has 0 saturated heterocycles. The predicted octanol–water partition coefficient (Wildman–Crippen LogP) is 3.23. The number of aromatic nitrogens is 4. The molecule has 0 spiro atoms. The number of alkyl halides is 2. The van der Waals surface area contributed by atoms with Gasteiger partial charge in [0.05, 0.1) is 22.8 Å². The van der Waals surface area contributed by atoms with Crippen LogP contribution in [0.15, 0.2) is 36.7 Å². The van der Waals surface area contributed by atoms with Gasteiger partial charge in [-0.25, -0.2) is 4.98 Å². The summed E-state index contributed by atoms with van der Waals surface area (Å²) in [6.07, 6.45) is 4.73. The lowest BCUT2D eigenvalue weighted by Crippen LogP contribution is -2.03. The zero-order chi connectivity index (χ0) is 15.7. The van der Waals surface area contributed by atoms with Gasteiger partial charge in [0.25, 0.3) is 0 Å². The molecule has 0 atom stereocenters. The molecule has 0 aliphatic rings. The third-order valence-corrected chi connectivity index (χ3v) is 3.19. The second kappa shape index (κ2) is 5.41. The summed E-state index contributed by atoms with van der Waals surface area (Å²) < 4.78 is 29.1. The van der Waals surface area contributed by atoms with Crippen molar-refractivity contribution in [3.05, 3.63) is 48.0 Å². The molecule has 0 saturated carbocycles. The highest BCUT2D eigenvalue weighted by atomic mass is 19.3. The molecule has 0 bridgehead atoms. The third kappa shape index (κ3) is 2.35. The summed E-state index contributed by atoms with van der Waals surface area (Å²) in [5.41, 5.74) is 1.42. The molecule has 110 valence electrons. The largest absolute Gasteiger partial charge is 0.320 e. The molecule has 7 heteroatoms. The highest BCUT2D eigenvalue weighted by Gasteiger charge is 2.20. The molecule has 0 aliphatic heterocycles. The van der Waals surface area contributed by atoms with E-state index in [2.05, 4.69) is 10.1 Å². The number of benzene rings is 1. The fourth-order valence-corrected chi connectivity index (χ4v) is 2.26. The van der Waals surface area contributed by atoms with Crippen molar-refractivity contribution in [3.63, 3.8) is 0 Å². The van der Waals surface area contributed by atoms with Crippen molar-refractivity contribution >= 4 is 22.7 Å². The average molecular weight is 299 g/mol. The lowest BCUT2D eigenvalue weighted by molar-refractivity contribution is 0.0738. The zero-order valence-corrected chi connectivity index (χ0v) is 11.6. The lowest BCUT2D eigenvalue weighted by Gasteiger charge is -2.06. The Morgan fingerprint density at radius 2 is 2.14 bits per heavy atom. The summed E-state index contributed by atoms with van der Waals surface area (Å²) in [4.78, 5) is 4.17. The highest BCUT2D eigenvalue weighted by Crippen LogP contribution is 2.27. The second-order valence-corrected chi connectivity index (χ2v) is 4.69. The van der Waals surface area contributed by atoms with Gasteiger partial charge in [-0.05, 0) is 18.2 Å². The monoisotopic (exact) mass is 299 g/mol. The number of imidazole rings is 1. The summed E-state index contributed by atoms with van der Waals surface area (Å²) in [6.45, 7) is -2.78. The van der Waals surface area contributed by atoms with E-state index >= 15 is 0 Å². The van der Waals surface area contributed by atoms with E-state index in [0.717, 1.165) is 4.57 Å². The van der Waals surface area contributed by atoms with Crippen LogP contribution in [0.4, 0.5) is 8.78 Å². The van der Waals surface area contributed by atoms with Crippen LogP contribution in [-0.4, -0.2) is 19.3 Å². The van der Waals surface area contributed by atoms with Gasteiger partial charge < -0.3 is 0 Å². The van der Waals surface area contributed by atoms with Crippen LogP contribution in [0.3, 0.4) is 0 Å². The smallest absolute Gasteiger partial charge is 0.275 e. The number of hydrogen-bond donors (Lipinski definition) is 0. The molecule has 0 aliphatic carbocycles. The molecular weight excluding hydrogens is 288 g/mol. The van der Waals surface area contributed by atoms with Gasteiger partial charge in [0.1, 0.15) is 6.07 Å². The average Bonchev–Trinajstić information content (AvgIpc) is 3.07. The van der Waals surface area contributed by atoms with Crippen molar-refractivity contribution in [1.82, 2.24) is 19.3 Å². The minimum Gasteiger partial charge on any atom is -0.275 e. The lowest BCUT2D eigenvalue weighted by atomic mass is 10.2. The van der Waals surface area contributed by atoms with Gasteiger partial charge in [-0.15, -0.1) is 0 Å². The molecule has 5 nitrogen and oxygen atoms in total. The molecule has 3 aromatic rings. The van der Waals surface area contributed by atoms with Crippen LogP contribution in [0.2, 0.25) is 0 Å². The maximum absolute atomic E-state index is 13.4. The van der Waals surface area contributed by atoms with Gasteiger partial charge in [0.2, 0.25) is 0 Å². The Morgan fingerprint density at radius 3 is 2.77 bits per heavy atom. The van der Waals surface area contributed by atoms with Crippen molar-refractivity contribution in [1.29, 1.82) is 5.26 Å². The Kier molecular flexibility index (Phi) is 3.43. The number of aryl methyl sites for hydroxylation is 1. The number of hydrogen-bond acceptors (Lipinski definition) is 3. The Balaban J connectivity index is 2.21. The van der Waals surface area contributed by atoms with Gasteiger partial charge in [0.15, 0.2) is 5.82 Å². The fraction of sp³-hybridized carbons (Fsp3) is 0.133. The number of para-hydroxylation sites is 2. The van der Waals surface area contributed by atoms with Crippen molar-refractivity contribution in [2.24, 2.45) is 7.05 Å². The van der Waals surface area contributed by atoms with E-state index in [1.165, 1.54) is 6.08 Å². The van der Waals surface area contributed by atoms with Gasteiger partial charge in [0, 0.05) is 18.8 Å². The third-order valence-electron chi connectivity index (χ3n) is 3.19. The number of halogens is 2. The molecule has 0 unspecified atom stereocenters.